The molecule has 1 aliphatic rings. The molecule has 19 heavy (non-hydrogen) atoms. The lowest BCUT2D eigenvalue weighted by Crippen LogP contribution is -2.05. The zero-order valence-corrected chi connectivity index (χ0v) is 11.3. The van der Waals surface area contributed by atoms with Gasteiger partial charge in [-0.05, 0) is 13.0 Å². The highest BCUT2D eigenvalue weighted by atomic mass is 35.5. The first-order chi connectivity index (χ1) is 9.11. The zero-order chi connectivity index (χ0) is 13.6. The molecule has 0 fully saturated rings. The monoisotopic (exact) mass is 280 g/mol. The number of rotatable bonds is 2. The Morgan fingerprint density at radius 2 is 2.26 bits per heavy atom. The smallest absolute Gasteiger partial charge is 0.230 e. The molecule has 2 heterocycles. The van der Waals surface area contributed by atoms with Crippen LogP contribution in [0.1, 0.15) is 12.5 Å². The molecule has 0 saturated carbocycles. The number of benzene rings is 1. The third-order valence-corrected chi connectivity index (χ3v) is 3.63. The number of nitrogens with two attached hydrogens (primary N) is 1. The largest absolute Gasteiger partial charge is 0.493 e. The number of anilines is 1. The third kappa shape index (κ3) is 1.81. The van der Waals surface area contributed by atoms with E-state index in [0.717, 1.165) is 17.5 Å². The van der Waals surface area contributed by atoms with Gasteiger partial charge in [0, 0.05) is 17.5 Å². The SMILES string of the molecule is COc1cc(-c2cnoc2N)c(Cl)c2c1OC(C)C2. The van der Waals surface area contributed by atoms with Gasteiger partial charge in [-0.25, -0.2) is 0 Å². The van der Waals surface area contributed by atoms with E-state index < -0.39 is 0 Å². The van der Waals surface area contributed by atoms with Crippen molar-refractivity contribution in [2.45, 2.75) is 19.4 Å². The van der Waals surface area contributed by atoms with E-state index in [9.17, 15) is 0 Å². The molecule has 1 aromatic heterocycles. The molecule has 0 aliphatic carbocycles. The molecule has 2 aromatic rings. The molecule has 0 bridgehead atoms. The van der Waals surface area contributed by atoms with Crippen LogP contribution in [0.4, 0.5) is 5.88 Å². The number of aromatic nitrogens is 1. The fourth-order valence-electron chi connectivity index (χ4n) is 2.31. The molecule has 1 atom stereocenters. The summed E-state index contributed by atoms with van der Waals surface area (Å²) in [6.07, 6.45) is 2.36. The standard InChI is InChI=1S/C13H13ClN2O3/c1-6-3-8-11(14)7(9-5-16-19-13(9)15)4-10(17-2)12(8)18-6/h4-6H,3,15H2,1-2H3. The fraction of sp³-hybridized carbons (Fsp3) is 0.308. The minimum absolute atomic E-state index is 0.0801. The molecule has 3 rings (SSSR count). The molecule has 1 aromatic carbocycles. The average molecular weight is 281 g/mol. The van der Waals surface area contributed by atoms with E-state index in [4.69, 9.17) is 31.3 Å². The second-order valence-electron chi connectivity index (χ2n) is 4.48. The van der Waals surface area contributed by atoms with Crippen LogP contribution >= 0.6 is 11.6 Å². The summed E-state index contributed by atoms with van der Waals surface area (Å²) in [4.78, 5) is 0. The van der Waals surface area contributed by atoms with Crippen molar-refractivity contribution in [2.24, 2.45) is 0 Å². The Morgan fingerprint density at radius 3 is 2.89 bits per heavy atom. The number of ether oxygens (including phenoxy) is 2. The van der Waals surface area contributed by atoms with Gasteiger partial charge in [-0.15, -0.1) is 0 Å². The highest BCUT2D eigenvalue weighted by Gasteiger charge is 2.29. The molecular formula is C13H13ClN2O3. The fourth-order valence-corrected chi connectivity index (χ4v) is 2.63. The van der Waals surface area contributed by atoms with Gasteiger partial charge in [-0.2, -0.15) is 0 Å². The van der Waals surface area contributed by atoms with Crippen LogP contribution in [-0.2, 0) is 6.42 Å². The number of methoxy groups -OCH3 is 1. The van der Waals surface area contributed by atoms with Gasteiger partial charge in [-0.3, -0.25) is 0 Å². The van der Waals surface area contributed by atoms with Crippen molar-refractivity contribution in [1.82, 2.24) is 5.16 Å². The Labute approximate surface area is 115 Å². The number of halogens is 1. The van der Waals surface area contributed by atoms with Crippen molar-refractivity contribution in [3.63, 3.8) is 0 Å². The molecule has 2 N–H and O–H groups in total. The molecular weight excluding hydrogens is 268 g/mol. The van der Waals surface area contributed by atoms with Gasteiger partial charge < -0.3 is 19.7 Å². The normalized spacial score (nSPS) is 17.1. The van der Waals surface area contributed by atoms with Gasteiger partial charge in [-0.1, -0.05) is 16.8 Å². The topological polar surface area (TPSA) is 70.5 Å². The van der Waals surface area contributed by atoms with Crippen LogP contribution in [0.15, 0.2) is 16.8 Å². The predicted octanol–water partition coefficient (Wildman–Crippen LogP) is 2.91. The highest BCUT2D eigenvalue weighted by Crippen LogP contribution is 2.47. The molecule has 100 valence electrons. The van der Waals surface area contributed by atoms with Gasteiger partial charge in [0.15, 0.2) is 11.5 Å². The summed E-state index contributed by atoms with van der Waals surface area (Å²) in [7, 11) is 1.59. The van der Waals surface area contributed by atoms with Gasteiger partial charge in [0.2, 0.25) is 5.88 Å². The first kappa shape index (κ1) is 12.2. The summed E-state index contributed by atoms with van der Waals surface area (Å²) in [6.45, 7) is 1.99. The second-order valence-corrected chi connectivity index (χ2v) is 4.86. The Bertz CT molecular complexity index is 639. The Balaban J connectivity index is 2.23. The molecule has 5 nitrogen and oxygen atoms in total. The summed E-state index contributed by atoms with van der Waals surface area (Å²) in [6, 6.07) is 1.79. The van der Waals surface area contributed by atoms with Gasteiger partial charge in [0.1, 0.15) is 6.10 Å². The lowest BCUT2D eigenvalue weighted by atomic mass is 10.0. The van der Waals surface area contributed by atoms with Gasteiger partial charge in [0.05, 0.1) is 23.9 Å². The Morgan fingerprint density at radius 1 is 1.47 bits per heavy atom. The summed E-state index contributed by atoms with van der Waals surface area (Å²) in [5.74, 6) is 1.58. The van der Waals surface area contributed by atoms with E-state index in [1.807, 2.05) is 6.92 Å². The molecule has 1 aliphatic heterocycles. The third-order valence-electron chi connectivity index (χ3n) is 3.19. The van der Waals surface area contributed by atoms with Crippen molar-refractivity contribution in [1.29, 1.82) is 0 Å². The number of fused-ring (bicyclic) bond motifs is 1. The van der Waals surface area contributed by atoms with E-state index in [0.29, 0.717) is 22.1 Å². The summed E-state index contributed by atoms with van der Waals surface area (Å²) < 4.78 is 16.0. The summed E-state index contributed by atoms with van der Waals surface area (Å²) in [5, 5.41) is 4.28. The molecule has 0 radical (unpaired) electrons. The predicted molar refractivity (Wildman–Crippen MR) is 71.7 cm³/mol. The Kier molecular flexibility index (Phi) is 2.78. The van der Waals surface area contributed by atoms with Crippen LogP contribution in [0.25, 0.3) is 11.1 Å². The minimum atomic E-state index is 0.0801. The number of hydrogen-bond acceptors (Lipinski definition) is 5. The first-order valence-electron chi connectivity index (χ1n) is 5.88. The van der Waals surface area contributed by atoms with Gasteiger partial charge in [0.25, 0.3) is 0 Å². The van der Waals surface area contributed by atoms with Crippen molar-refractivity contribution >= 4 is 17.5 Å². The van der Waals surface area contributed by atoms with E-state index in [1.165, 1.54) is 0 Å². The lowest BCUT2D eigenvalue weighted by Gasteiger charge is -2.12. The highest BCUT2D eigenvalue weighted by molar-refractivity contribution is 6.34. The number of nitrogens with zero attached hydrogens (tertiary/aromatic N) is 1. The van der Waals surface area contributed by atoms with Crippen LogP contribution in [0.5, 0.6) is 11.5 Å². The van der Waals surface area contributed by atoms with Crippen LogP contribution in [0.2, 0.25) is 5.02 Å². The van der Waals surface area contributed by atoms with Crippen LogP contribution < -0.4 is 15.2 Å². The number of nitrogen functional groups attached to an aromatic ring is 1. The quantitative estimate of drug-likeness (QED) is 0.916. The van der Waals surface area contributed by atoms with E-state index in [-0.39, 0.29) is 12.0 Å². The molecule has 1 unspecified atom stereocenters. The molecule has 0 saturated heterocycles. The molecule has 0 spiro atoms. The maximum absolute atomic E-state index is 6.45. The van der Waals surface area contributed by atoms with E-state index in [1.54, 1.807) is 19.4 Å². The second kappa shape index (κ2) is 4.35. The first-order valence-corrected chi connectivity index (χ1v) is 6.26. The van der Waals surface area contributed by atoms with Crippen LogP contribution in [-0.4, -0.2) is 18.4 Å². The average Bonchev–Trinajstić information content (AvgIpc) is 2.96. The Hall–Kier alpha value is -1.88. The summed E-state index contributed by atoms with van der Waals surface area (Å²) in [5.41, 5.74) is 8.08. The van der Waals surface area contributed by atoms with Crippen molar-refractivity contribution in [2.75, 3.05) is 12.8 Å². The van der Waals surface area contributed by atoms with Crippen molar-refractivity contribution < 1.29 is 14.0 Å². The maximum atomic E-state index is 6.45. The van der Waals surface area contributed by atoms with Crippen molar-refractivity contribution in [3.05, 3.63) is 22.8 Å². The lowest BCUT2D eigenvalue weighted by molar-refractivity contribution is 0.243. The minimum Gasteiger partial charge on any atom is -0.493 e. The molecule has 6 heteroatoms. The molecule has 0 amide bonds. The summed E-state index contributed by atoms with van der Waals surface area (Å²) >= 11 is 6.45. The number of hydrogen-bond donors (Lipinski definition) is 1. The van der Waals surface area contributed by atoms with Crippen LogP contribution in [0, 0.1) is 0 Å². The van der Waals surface area contributed by atoms with Crippen molar-refractivity contribution in [3.8, 4) is 22.6 Å². The zero-order valence-electron chi connectivity index (χ0n) is 10.6. The van der Waals surface area contributed by atoms with E-state index >= 15 is 0 Å². The maximum Gasteiger partial charge on any atom is 0.230 e. The van der Waals surface area contributed by atoms with Crippen LogP contribution in [0.3, 0.4) is 0 Å². The van der Waals surface area contributed by atoms with Gasteiger partial charge >= 0.3 is 0 Å². The van der Waals surface area contributed by atoms with E-state index in [2.05, 4.69) is 5.16 Å².